The third-order valence-electron chi connectivity index (χ3n) is 1.99. The fourth-order valence-corrected chi connectivity index (χ4v) is 1.13. The van der Waals surface area contributed by atoms with Crippen LogP contribution in [-0.4, -0.2) is 31.5 Å². The van der Waals surface area contributed by atoms with E-state index in [2.05, 4.69) is 15.3 Å². The first-order valence-electron chi connectivity index (χ1n) is 5.11. The molecule has 0 aliphatic heterocycles. The van der Waals surface area contributed by atoms with Crippen LogP contribution in [0.15, 0.2) is 5.10 Å². The van der Waals surface area contributed by atoms with Crippen LogP contribution in [0, 0.1) is 5.92 Å². The first kappa shape index (κ1) is 14.4. The van der Waals surface area contributed by atoms with Crippen molar-refractivity contribution in [3.05, 3.63) is 0 Å². The number of methoxy groups -OCH3 is 1. The van der Waals surface area contributed by atoms with Gasteiger partial charge < -0.3 is 9.47 Å². The van der Waals surface area contributed by atoms with Crippen LogP contribution in [0.4, 0.5) is 4.79 Å². The molecule has 1 unspecified atom stereocenters. The first-order chi connectivity index (χ1) is 7.56. The minimum atomic E-state index is -0.668. The van der Waals surface area contributed by atoms with Crippen molar-refractivity contribution in [2.75, 3.05) is 13.7 Å². The van der Waals surface area contributed by atoms with Gasteiger partial charge in [0.25, 0.3) is 0 Å². The van der Waals surface area contributed by atoms with Crippen molar-refractivity contribution < 1.29 is 19.1 Å². The molecule has 6 nitrogen and oxygen atoms in total. The zero-order valence-corrected chi connectivity index (χ0v) is 10.1. The van der Waals surface area contributed by atoms with Gasteiger partial charge in [-0.1, -0.05) is 6.92 Å². The lowest BCUT2D eigenvalue weighted by Gasteiger charge is -2.12. The fraction of sp³-hybridized carbons (Fsp3) is 0.700. The normalized spacial score (nSPS) is 12.9. The van der Waals surface area contributed by atoms with Crippen LogP contribution in [-0.2, 0) is 14.3 Å². The van der Waals surface area contributed by atoms with Crippen LogP contribution in [0.1, 0.15) is 27.2 Å². The van der Waals surface area contributed by atoms with Crippen molar-refractivity contribution in [2.24, 2.45) is 11.0 Å². The molecule has 0 spiro atoms. The summed E-state index contributed by atoms with van der Waals surface area (Å²) in [5.74, 6) is -0.768. The lowest BCUT2D eigenvalue weighted by Crippen LogP contribution is -2.27. The zero-order chi connectivity index (χ0) is 12.6. The average molecular weight is 230 g/mol. The standard InChI is InChI=1S/C10H18N2O4/c1-5-8(9(13)16-6-2)7(3)11-12-10(14)15-4/h8H,5-6H2,1-4H3,(H,12,14)/b11-7+. The van der Waals surface area contributed by atoms with Gasteiger partial charge in [0.05, 0.1) is 19.6 Å². The van der Waals surface area contributed by atoms with Gasteiger partial charge >= 0.3 is 12.1 Å². The Morgan fingerprint density at radius 3 is 2.44 bits per heavy atom. The van der Waals surface area contributed by atoms with Crippen LogP contribution in [0.2, 0.25) is 0 Å². The van der Waals surface area contributed by atoms with Crippen molar-refractivity contribution in [3.63, 3.8) is 0 Å². The smallest absolute Gasteiger partial charge is 0.427 e. The Labute approximate surface area is 95.0 Å². The van der Waals surface area contributed by atoms with E-state index in [4.69, 9.17) is 4.74 Å². The maximum atomic E-state index is 11.5. The van der Waals surface area contributed by atoms with Crippen LogP contribution in [0.5, 0.6) is 0 Å². The molecule has 0 aromatic carbocycles. The monoisotopic (exact) mass is 230 g/mol. The molecule has 0 saturated heterocycles. The summed E-state index contributed by atoms with van der Waals surface area (Å²) in [4.78, 5) is 22.2. The van der Waals surface area contributed by atoms with Crippen molar-refractivity contribution in [1.29, 1.82) is 0 Å². The number of nitrogens with zero attached hydrogens (tertiary/aromatic N) is 1. The van der Waals surface area contributed by atoms with Gasteiger partial charge in [0.15, 0.2) is 0 Å². The van der Waals surface area contributed by atoms with Gasteiger partial charge in [0.2, 0.25) is 0 Å². The van der Waals surface area contributed by atoms with Gasteiger partial charge in [-0.25, -0.2) is 10.2 Å². The molecule has 0 rings (SSSR count). The summed E-state index contributed by atoms with van der Waals surface area (Å²) < 4.78 is 9.23. The molecular weight excluding hydrogens is 212 g/mol. The summed E-state index contributed by atoms with van der Waals surface area (Å²) in [5, 5.41) is 3.76. The van der Waals surface area contributed by atoms with Crippen LogP contribution in [0.3, 0.4) is 0 Å². The van der Waals surface area contributed by atoms with Crippen LogP contribution >= 0.6 is 0 Å². The Balaban J connectivity index is 4.45. The van der Waals surface area contributed by atoms with Gasteiger partial charge in [0, 0.05) is 5.71 Å². The van der Waals surface area contributed by atoms with Crippen LogP contribution in [0.25, 0.3) is 0 Å². The highest BCUT2D eigenvalue weighted by Gasteiger charge is 2.21. The molecule has 1 amide bonds. The molecule has 0 heterocycles. The number of hydrogen-bond acceptors (Lipinski definition) is 5. The molecule has 0 aliphatic rings. The summed E-state index contributed by atoms with van der Waals surface area (Å²) in [6, 6.07) is 0. The number of carbonyl (C=O) groups is 2. The minimum absolute atomic E-state index is 0.326. The van der Waals surface area contributed by atoms with E-state index in [0.29, 0.717) is 18.7 Å². The molecule has 16 heavy (non-hydrogen) atoms. The Morgan fingerprint density at radius 1 is 1.38 bits per heavy atom. The minimum Gasteiger partial charge on any atom is -0.465 e. The summed E-state index contributed by atoms with van der Waals surface area (Å²) in [6.07, 6.45) is -0.102. The van der Waals surface area contributed by atoms with Crippen molar-refractivity contribution in [1.82, 2.24) is 5.43 Å². The van der Waals surface area contributed by atoms with Crippen molar-refractivity contribution >= 4 is 17.8 Å². The number of carbonyl (C=O) groups excluding carboxylic acids is 2. The van der Waals surface area contributed by atoms with Crippen molar-refractivity contribution in [3.8, 4) is 0 Å². The molecule has 1 atom stereocenters. The highest BCUT2D eigenvalue weighted by Crippen LogP contribution is 2.07. The third-order valence-corrected chi connectivity index (χ3v) is 1.99. The van der Waals surface area contributed by atoms with Gasteiger partial charge in [-0.15, -0.1) is 0 Å². The summed E-state index contributed by atoms with van der Waals surface area (Å²) in [7, 11) is 1.24. The number of hydrazone groups is 1. The highest BCUT2D eigenvalue weighted by molar-refractivity contribution is 6.01. The largest absolute Gasteiger partial charge is 0.465 e. The summed E-state index contributed by atoms with van der Waals surface area (Å²) in [6.45, 7) is 5.57. The lowest BCUT2D eigenvalue weighted by atomic mass is 10.0. The van der Waals surface area contributed by atoms with Crippen LogP contribution < -0.4 is 5.43 Å². The lowest BCUT2D eigenvalue weighted by molar-refractivity contribution is -0.145. The number of amides is 1. The Kier molecular flexibility index (Phi) is 6.91. The summed E-state index contributed by atoms with van der Waals surface area (Å²) in [5.41, 5.74) is 2.65. The predicted octanol–water partition coefficient (Wildman–Crippen LogP) is 1.31. The molecule has 92 valence electrons. The number of ether oxygens (including phenoxy) is 2. The molecule has 6 heteroatoms. The maximum Gasteiger partial charge on any atom is 0.427 e. The molecular formula is C10H18N2O4. The molecule has 1 N–H and O–H groups in total. The number of nitrogens with one attached hydrogen (secondary N) is 1. The molecule has 0 radical (unpaired) electrons. The second-order valence-corrected chi connectivity index (χ2v) is 3.07. The van der Waals surface area contributed by atoms with Gasteiger partial charge in [-0.3, -0.25) is 4.79 Å². The molecule has 0 saturated carbocycles. The van der Waals surface area contributed by atoms with Gasteiger partial charge in [-0.05, 0) is 20.3 Å². The predicted molar refractivity (Wildman–Crippen MR) is 59.1 cm³/mol. The van der Waals surface area contributed by atoms with E-state index >= 15 is 0 Å². The molecule has 0 aromatic rings. The zero-order valence-electron chi connectivity index (χ0n) is 10.1. The Hall–Kier alpha value is -1.59. The second-order valence-electron chi connectivity index (χ2n) is 3.07. The van der Waals surface area contributed by atoms with Crippen molar-refractivity contribution in [2.45, 2.75) is 27.2 Å². The van der Waals surface area contributed by atoms with E-state index < -0.39 is 12.0 Å². The molecule has 0 aromatic heterocycles. The molecule has 0 aliphatic carbocycles. The fourth-order valence-electron chi connectivity index (χ4n) is 1.13. The topological polar surface area (TPSA) is 77.0 Å². The SMILES string of the molecule is CCOC(=O)C(CC)/C(C)=N/NC(=O)OC. The van der Waals surface area contributed by atoms with Gasteiger partial charge in [0.1, 0.15) is 0 Å². The maximum absolute atomic E-state index is 11.5. The van der Waals surface area contributed by atoms with E-state index in [1.54, 1.807) is 13.8 Å². The highest BCUT2D eigenvalue weighted by atomic mass is 16.5. The Bertz CT molecular complexity index is 276. The second kappa shape index (κ2) is 7.67. The van der Waals surface area contributed by atoms with Gasteiger partial charge in [-0.2, -0.15) is 5.10 Å². The first-order valence-corrected chi connectivity index (χ1v) is 5.11. The number of hydrogen-bond donors (Lipinski definition) is 1. The number of esters is 1. The Morgan fingerprint density at radius 2 is 2.00 bits per heavy atom. The van der Waals surface area contributed by atoms with E-state index in [1.165, 1.54) is 7.11 Å². The number of rotatable bonds is 5. The molecule has 0 fully saturated rings. The average Bonchev–Trinajstić information content (AvgIpc) is 2.27. The van der Waals surface area contributed by atoms with E-state index in [9.17, 15) is 9.59 Å². The van der Waals surface area contributed by atoms with E-state index in [-0.39, 0.29) is 5.97 Å². The van der Waals surface area contributed by atoms with E-state index in [0.717, 1.165) is 0 Å². The summed E-state index contributed by atoms with van der Waals surface area (Å²) >= 11 is 0. The van der Waals surface area contributed by atoms with E-state index in [1.807, 2.05) is 6.92 Å². The quantitative estimate of drug-likeness (QED) is 0.439. The third kappa shape index (κ3) is 4.77. The molecule has 0 bridgehead atoms.